The van der Waals surface area contributed by atoms with Crippen molar-refractivity contribution in [2.24, 2.45) is 5.73 Å². The number of benzene rings is 1. The molecule has 0 fully saturated rings. The minimum atomic E-state index is -4.39. The van der Waals surface area contributed by atoms with E-state index in [0.29, 0.717) is 24.3 Å². The number of nitrogens with one attached hydrogen (secondary N) is 1. The van der Waals surface area contributed by atoms with Crippen molar-refractivity contribution in [3.05, 3.63) is 47.2 Å². The number of alkyl halides is 3. The molecule has 1 unspecified atom stereocenters. The number of rotatable bonds is 2. The van der Waals surface area contributed by atoms with Gasteiger partial charge in [-0.25, -0.2) is 4.68 Å². The van der Waals surface area contributed by atoms with Crippen LogP contribution < -0.4 is 11.1 Å². The molecule has 0 bridgehead atoms. The van der Waals surface area contributed by atoms with Crippen LogP contribution in [0.5, 0.6) is 0 Å². The normalized spacial score (nSPS) is 17.7. The summed E-state index contributed by atoms with van der Waals surface area (Å²) in [5, 5.41) is 7.11. The van der Waals surface area contributed by atoms with Crippen LogP contribution >= 0.6 is 0 Å². The standard InChI is InChI=1S/C14H13F3N4O/c15-14(16,17)9-3-1-2-8(6-9)11-4-5-19-13-10(12(18)22)7-20-21(11)13/h1-3,6-7,11,19H,4-5H2,(H2,18,22). The molecule has 1 amide bonds. The third-order valence-electron chi connectivity index (χ3n) is 3.67. The molecule has 5 nitrogen and oxygen atoms in total. The van der Waals surface area contributed by atoms with Gasteiger partial charge in [0.15, 0.2) is 0 Å². The zero-order valence-electron chi connectivity index (χ0n) is 11.4. The lowest BCUT2D eigenvalue weighted by Gasteiger charge is -2.27. The van der Waals surface area contributed by atoms with E-state index < -0.39 is 17.6 Å². The maximum absolute atomic E-state index is 12.8. The summed E-state index contributed by atoms with van der Waals surface area (Å²) in [6.45, 7) is 0.521. The Bertz CT molecular complexity index is 723. The number of hydrogen-bond donors (Lipinski definition) is 2. The molecule has 2 heterocycles. The Morgan fingerprint density at radius 3 is 2.86 bits per heavy atom. The van der Waals surface area contributed by atoms with Gasteiger partial charge in [-0.15, -0.1) is 0 Å². The fourth-order valence-corrected chi connectivity index (χ4v) is 2.63. The summed E-state index contributed by atoms with van der Waals surface area (Å²) in [4.78, 5) is 11.3. The van der Waals surface area contributed by atoms with Crippen LogP contribution in [0.25, 0.3) is 0 Å². The Labute approximate surface area is 123 Å². The van der Waals surface area contributed by atoms with Gasteiger partial charge in [0.2, 0.25) is 0 Å². The van der Waals surface area contributed by atoms with Crippen molar-refractivity contribution in [1.29, 1.82) is 0 Å². The first-order valence-corrected chi connectivity index (χ1v) is 6.66. The Kier molecular flexibility index (Phi) is 3.31. The van der Waals surface area contributed by atoms with Crippen LogP contribution in [0.4, 0.5) is 19.0 Å². The van der Waals surface area contributed by atoms with Gasteiger partial charge in [-0.3, -0.25) is 4.79 Å². The molecule has 1 aliphatic rings. The van der Waals surface area contributed by atoms with Gasteiger partial charge in [-0.1, -0.05) is 12.1 Å². The van der Waals surface area contributed by atoms with E-state index in [1.165, 1.54) is 16.9 Å². The van der Waals surface area contributed by atoms with Crippen molar-refractivity contribution >= 4 is 11.7 Å². The third-order valence-corrected chi connectivity index (χ3v) is 3.67. The van der Waals surface area contributed by atoms with Crippen LogP contribution in [0.3, 0.4) is 0 Å². The summed E-state index contributed by atoms with van der Waals surface area (Å²) in [7, 11) is 0. The molecule has 8 heteroatoms. The molecule has 1 aromatic heterocycles. The highest BCUT2D eigenvalue weighted by Crippen LogP contribution is 2.35. The van der Waals surface area contributed by atoms with Crippen molar-refractivity contribution < 1.29 is 18.0 Å². The molecule has 22 heavy (non-hydrogen) atoms. The number of carbonyl (C=O) groups excluding carboxylic acids is 1. The molecule has 1 atom stereocenters. The average molecular weight is 310 g/mol. The molecule has 3 N–H and O–H groups in total. The van der Waals surface area contributed by atoms with Crippen LogP contribution in [0.1, 0.15) is 33.9 Å². The maximum atomic E-state index is 12.8. The van der Waals surface area contributed by atoms with E-state index >= 15 is 0 Å². The number of halogens is 3. The Morgan fingerprint density at radius 2 is 2.18 bits per heavy atom. The molecular weight excluding hydrogens is 297 g/mol. The molecular formula is C14H13F3N4O. The summed E-state index contributed by atoms with van der Waals surface area (Å²) in [5.41, 5.74) is 5.30. The smallest absolute Gasteiger partial charge is 0.369 e. The molecule has 2 aromatic rings. The summed E-state index contributed by atoms with van der Waals surface area (Å²) in [5.74, 6) is -0.181. The first-order valence-electron chi connectivity index (χ1n) is 6.66. The van der Waals surface area contributed by atoms with Crippen molar-refractivity contribution in [1.82, 2.24) is 9.78 Å². The van der Waals surface area contributed by atoms with E-state index in [-0.39, 0.29) is 11.6 Å². The number of hydrogen-bond acceptors (Lipinski definition) is 3. The van der Waals surface area contributed by atoms with E-state index in [0.717, 1.165) is 12.1 Å². The minimum absolute atomic E-state index is 0.233. The number of carbonyl (C=O) groups is 1. The molecule has 0 aliphatic carbocycles. The topological polar surface area (TPSA) is 72.9 Å². The van der Waals surface area contributed by atoms with Crippen molar-refractivity contribution in [3.8, 4) is 0 Å². The number of primary amides is 1. The molecule has 1 aromatic carbocycles. The van der Waals surface area contributed by atoms with Gasteiger partial charge in [0, 0.05) is 6.54 Å². The van der Waals surface area contributed by atoms with E-state index in [2.05, 4.69) is 10.4 Å². The number of fused-ring (bicyclic) bond motifs is 1. The zero-order valence-corrected chi connectivity index (χ0v) is 11.4. The number of aromatic nitrogens is 2. The molecule has 116 valence electrons. The second-order valence-corrected chi connectivity index (χ2v) is 5.07. The molecule has 0 spiro atoms. The molecule has 0 radical (unpaired) electrons. The van der Waals surface area contributed by atoms with Gasteiger partial charge in [0.25, 0.3) is 5.91 Å². The van der Waals surface area contributed by atoms with Crippen LogP contribution in [-0.2, 0) is 6.18 Å². The van der Waals surface area contributed by atoms with Gasteiger partial charge in [0.05, 0.1) is 17.8 Å². The van der Waals surface area contributed by atoms with E-state index in [1.54, 1.807) is 6.07 Å². The van der Waals surface area contributed by atoms with Gasteiger partial charge in [-0.05, 0) is 24.1 Å². The molecule has 0 saturated heterocycles. The van der Waals surface area contributed by atoms with Gasteiger partial charge in [-0.2, -0.15) is 18.3 Å². The number of anilines is 1. The predicted molar refractivity (Wildman–Crippen MR) is 73.4 cm³/mol. The quantitative estimate of drug-likeness (QED) is 0.894. The highest BCUT2D eigenvalue weighted by atomic mass is 19.4. The van der Waals surface area contributed by atoms with Crippen LogP contribution in [0.15, 0.2) is 30.5 Å². The van der Waals surface area contributed by atoms with Gasteiger partial charge >= 0.3 is 6.18 Å². The molecule has 1 aliphatic heterocycles. The molecule has 3 rings (SSSR count). The van der Waals surface area contributed by atoms with Gasteiger partial charge < -0.3 is 11.1 Å². The zero-order chi connectivity index (χ0) is 15.9. The van der Waals surface area contributed by atoms with E-state index in [4.69, 9.17) is 5.73 Å². The first-order chi connectivity index (χ1) is 10.4. The van der Waals surface area contributed by atoms with Crippen molar-refractivity contribution in [3.63, 3.8) is 0 Å². The molecule has 0 saturated carbocycles. The lowest BCUT2D eigenvalue weighted by molar-refractivity contribution is -0.137. The second kappa shape index (κ2) is 5.04. The Hall–Kier alpha value is -2.51. The SMILES string of the molecule is NC(=O)c1cnn2c1NCCC2c1cccc(C(F)(F)F)c1. The van der Waals surface area contributed by atoms with Crippen molar-refractivity contribution in [2.45, 2.75) is 18.6 Å². The summed E-state index contributed by atoms with van der Waals surface area (Å²) in [6, 6.07) is 4.78. The number of amides is 1. The average Bonchev–Trinajstić information content (AvgIpc) is 2.90. The lowest BCUT2D eigenvalue weighted by Crippen LogP contribution is -2.26. The number of nitrogens with two attached hydrogens (primary N) is 1. The summed E-state index contributed by atoms with van der Waals surface area (Å²) in [6.07, 6.45) is -2.50. The predicted octanol–water partition coefficient (Wildman–Crippen LogP) is 2.41. The third kappa shape index (κ3) is 2.40. The summed E-state index contributed by atoms with van der Waals surface area (Å²) < 4.78 is 40.0. The highest BCUT2D eigenvalue weighted by molar-refractivity contribution is 5.97. The van der Waals surface area contributed by atoms with Crippen LogP contribution in [0.2, 0.25) is 0 Å². The van der Waals surface area contributed by atoms with E-state index in [9.17, 15) is 18.0 Å². The monoisotopic (exact) mass is 310 g/mol. The fourth-order valence-electron chi connectivity index (χ4n) is 2.63. The first kappa shape index (κ1) is 14.4. The Balaban J connectivity index is 2.03. The Morgan fingerprint density at radius 1 is 1.41 bits per heavy atom. The van der Waals surface area contributed by atoms with Crippen LogP contribution in [0, 0.1) is 0 Å². The number of nitrogens with zero attached hydrogens (tertiary/aromatic N) is 2. The largest absolute Gasteiger partial charge is 0.416 e. The van der Waals surface area contributed by atoms with E-state index in [1.807, 2.05) is 0 Å². The lowest BCUT2D eigenvalue weighted by atomic mass is 10.00. The second-order valence-electron chi connectivity index (χ2n) is 5.07. The van der Waals surface area contributed by atoms with Crippen molar-refractivity contribution in [2.75, 3.05) is 11.9 Å². The van der Waals surface area contributed by atoms with Crippen LogP contribution in [-0.4, -0.2) is 22.2 Å². The van der Waals surface area contributed by atoms with Gasteiger partial charge in [0.1, 0.15) is 11.4 Å². The minimum Gasteiger partial charge on any atom is -0.369 e. The fraction of sp³-hybridized carbons (Fsp3) is 0.286. The summed E-state index contributed by atoms with van der Waals surface area (Å²) >= 11 is 0. The highest BCUT2D eigenvalue weighted by Gasteiger charge is 2.32. The maximum Gasteiger partial charge on any atom is 0.416 e.